The predicted molar refractivity (Wildman–Crippen MR) is 75.8 cm³/mol. The molecule has 0 saturated heterocycles. The Kier molecular flexibility index (Phi) is 4.65. The molecule has 2 rings (SSSR count). The van der Waals surface area contributed by atoms with E-state index in [9.17, 15) is 18.7 Å². The molecule has 108 valence electrons. The number of amides is 1. The maximum atomic E-state index is 12.7. The summed E-state index contributed by atoms with van der Waals surface area (Å²) in [6.45, 7) is -0.707. The first-order chi connectivity index (χ1) is 9.40. The van der Waals surface area contributed by atoms with Gasteiger partial charge >= 0.3 is 0 Å². The van der Waals surface area contributed by atoms with Gasteiger partial charge in [0.1, 0.15) is 11.1 Å². The quantitative estimate of drug-likeness (QED) is 0.831. The number of nitrogens with zero attached hydrogens (tertiary/aromatic N) is 1. The lowest BCUT2D eigenvalue weighted by Gasteiger charge is -2.31. The molecular weight excluding hydrogens is 356 g/mol. The molecule has 1 aliphatic rings. The van der Waals surface area contributed by atoms with Gasteiger partial charge in [0.2, 0.25) is 5.91 Å². The first-order valence-corrected chi connectivity index (χ1v) is 7.05. The van der Waals surface area contributed by atoms with E-state index in [1.165, 1.54) is 12.1 Å². The Labute approximate surface area is 128 Å². The Morgan fingerprint density at radius 3 is 2.80 bits per heavy atom. The minimum atomic E-state index is -2.65. The third-order valence-corrected chi connectivity index (χ3v) is 3.91. The van der Waals surface area contributed by atoms with Crippen molar-refractivity contribution in [1.29, 1.82) is 0 Å². The molecule has 1 unspecified atom stereocenters. The molecule has 1 aliphatic heterocycles. The number of phenolic OH excluding ortho intramolecular Hbond substituents is 1. The van der Waals surface area contributed by atoms with Crippen LogP contribution >= 0.6 is 27.5 Å². The normalized spacial score (nSPS) is 19.4. The number of phenols is 1. The SMILES string of the molecule is O=C1C(Cl)CC=C(c2ccc(O)cc2Br)N1CC(F)F. The Morgan fingerprint density at radius 1 is 1.50 bits per heavy atom. The van der Waals surface area contributed by atoms with Crippen molar-refractivity contribution in [2.24, 2.45) is 0 Å². The number of aromatic hydroxyl groups is 1. The standard InChI is InChI=1S/C13H11BrClF2NO2/c14-9-5-7(19)1-2-8(9)11-4-3-10(15)13(20)18(11)6-12(16)17/h1-2,4-5,10,12,19H,3,6H2. The molecule has 3 nitrogen and oxygen atoms in total. The number of benzene rings is 1. The maximum absolute atomic E-state index is 12.7. The van der Waals surface area contributed by atoms with E-state index in [1.54, 1.807) is 12.1 Å². The zero-order chi connectivity index (χ0) is 14.9. The van der Waals surface area contributed by atoms with Gasteiger partial charge in [-0.05, 0) is 40.5 Å². The van der Waals surface area contributed by atoms with Gasteiger partial charge in [0.15, 0.2) is 0 Å². The van der Waals surface area contributed by atoms with E-state index in [0.717, 1.165) is 4.90 Å². The highest BCUT2D eigenvalue weighted by Crippen LogP contribution is 2.34. The molecule has 7 heteroatoms. The minimum absolute atomic E-state index is 0.0407. The number of hydrogen-bond acceptors (Lipinski definition) is 2. The molecule has 0 saturated carbocycles. The molecule has 0 aliphatic carbocycles. The molecule has 0 radical (unpaired) electrons. The minimum Gasteiger partial charge on any atom is -0.508 e. The molecule has 1 N–H and O–H groups in total. The monoisotopic (exact) mass is 365 g/mol. The number of rotatable bonds is 3. The molecule has 20 heavy (non-hydrogen) atoms. The molecule has 1 aromatic rings. The van der Waals surface area contributed by atoms with Gasteiger partial charge in [-0.1, -0.05) is 6.08 Å². The first kappa shape index (κ1) is 15.3. The molecule has 1 amide bonds. The van der Waals surface area contributed by atoms with Crippen molar-refractivity contribution in [2.75, 3.05) is 6.54 Å². The summed E-state index contributed by atoms with van der Waals surface area (Å²) < 4.78 is 25.8. The topological polar surface area (TPSA) is 40.5 Å². The van der Waals surface area contributed by atoms with Crippen molar-refractivity contribution in [1.82, 2.24) is 4.90 Å². The van der Waals surface area contributed by atoms with E-state index in [0.29, 0.717) is 15.7 Å². The summed E-state index contributed by atoms with van der Waals surface area (Å²) in [7, 11) is 0. The average molecular weight is 367 g/mol. The molecule has 0 spiro atoms. The molecular formula is C13H11BrClF2NO2. The molecule has 0 aromatic heterocycles. The highest BCUT2D eigenvalue weighted by Gasteiger charge is 2.32. The smallest absolute Gasteiger partial charge is 0.256 e. The third kappa shape index (κ3) is 3.12. The third-order valence-electron chi connectivity index (χ3n) is 2.89. The highest BCUT2D eigenvalue weighted by atomic mass is 79.9. The fourth-order valence-corrected chi connectivity index (χ4v) is 2.78. The zero-order valence-corrected chi connectivity index (χ0v) is 12.5. The number of carbonyl (C=O) groups is 1. The van der Waals surface area contributed by atoms with Gasteiger partial charge in [-0.15, -0.1) is 11.6 Å². The van der Waals surface area contributed by atoms with Gasteiger partial charge in [-0.25, -0.2) is 8.78 Å². The molecule has 1 heterocycles. The summed E-state index contributed by atoms with van der Waals surface area (Å²) in [6, 6.07) is 4.43. The van der Waals surface area contributed by atoms with Crippen LogP contribution in [0.2, 0.25) is 0 Å². The van der Waals surface area contributed by atoms with Crippen LogP contribution in [0, 0.1) is 0 Å². The summed E-state index contributed by atoms with van der Waals surface area (Å²) in [4.78, 5) is 13.0. The van der Waals surface area contributed by atoms with Crippen LogP contribution in [0.5, 0.6) is 5.75 Å². The van der Waals surface area contributed by atoms with Crippen LogP contribution in [-0.4, -0.2) is 34.3 Å². The van der Waals surface area contributed by atoms with Gasteiger partial charge < -0.3 is 10.0 Å². The lowest BCUT2D eigenvalue weighted by atomic mass is 10.0. The number of hydrogen-bond donors (Lipinski definition) is 1. The Bertz CT molecular complexity index is 565. The van der Waals surface area contributed by atoms with Crippen molar-refractivity contribution < 1.29 is 18.7 Å². The van der Waals surface area contributed by atoms with E-state index in [2.05, 4.69) is 15.9 Å². The lowest BCUT2D eigenvalue weighted by Crippen LogP contribution is -2.41. The van der Waals surface area contributed by atoms with Gasteiger partial charge in [0.25, 0.3) is 6.43 Å². The fraction of sp³-hybridized carbons (Fsp3) is 0.308. The lowest BCUT2D eigenvalue weighted by molar-refractivity contribution is -0.129. The Hall–Kier alpha value is -1.14. The van der Waals surface area contributed by atoms with Crippen molar-refractivity contribution in [3.8, 4) is 5.75 Å². The second kappa shape index (κ2) is 6.10. The van der Waals surface area contributed by atoms with Gasteiger partial charge in [0.05, 0.1) is 6.54 Å². The van der Waals surface area contributed by atoms with Crippen LogP contribution in [0.15, 0.2) is 28.7 Å². The van der Waals surface area contributed by atoms with Crippen molar-refractivity contribution in [2.45, 2.75) is 18.2 Å². The summed E-state index contributed by atoms with van der Waals surface area (Å²) in [6.07, 6.45) is -0.721. The van der Waals surface area contributed by atoms with Gasteiger partial charge in [-0.2, -0.15) is 0 Å². The van der Waals surface area contributed by atoms with E-state index in [4.69, 9.17) is 11.6 Å². The Morgan fingerprint density at radius 2 is 2.20 bits per heavy atom. The maximum Gasteiger partial charge on any atom is 0.256 e. The number of carbonyl (C=O) groups excluding carboxylic acids is 1. The average Bonchev–Trinajstić information content (AvgIpc) is 2.36. The van der Waals surface area contributed by atoms with Crippen LogP contribution in [0.3, 0.4) is 0 Å². The summed E-state index contributed by atoms with van der Waals surface area (Å²) >= 11 is 9.08. The molecule has 1 aromatic carbocycles. The highest BCUT2D eigenvalue weighted by molar-refractivity contribution is 9.10. The van der Waals surface area contributed by atoms with Crippen LogP contribution in [0.4, 0.5) is 8.78 Å². The van der Waals surface area contributed by atoms with Crippen LogP contribution in [-0.2, 0) is 4.79 Å². The van der Waals surface area contributed by atoms with Crippen LogP contribution in [0.25, 0.3) is 5.70 Å². The van der Waals surface area contributed by atoms with Crippen molar-refractivity contribution in [3.63, 3.8) is 0 Å². The zero-order valence-electron chi connectivity index (χ0n) is 10.2. The van der Waals surface area contributed by atoms with Crippen molar-refractivity contribution in [3.05, 3.63) is 34.3 Å². The summed E-state index contributed by atoms with van der Waals surface area (Å²) in [5, 5.41) is 8.54. The predicted octanol–water partition coefficient (Wildman–Crippen LogP) is 3.60. The second-order valence-electron chi connectivity index (χ2n) is 4.30. The number of allylic oxidation sites excluding steroid dienone is 1. The van der Waals surface area contributed by atoms with Crippen LogP contribution in [0.1, 0.15) is 12.0 Å². The van der Waals surface area contributed by atoms with Crippen LogP contribution < -0.4 is 0 Å². The van der Waals surface area contributed by atoms with E-state index in [-0.39, 0.29) is 12.2 Å². The molecule has 1 atom stereocenters. The fourth-order valence-electron chi connectivity index (χ4n) is 2.01. The van der Waals surface area contributed by atoms with E-state index >= 15 is 0 Å². The first-order valence-electron chi connectivity index (χ1n) is 5.82. The Balaban J connectivity index is 2.43. The second-order valence-corrected chi connectivity index (χ2v) is 5.68. The number of alkyl halides is 3. The van der Waals surface area contributed by atoms with Crippen molar-refractivity contribution >= 4 is 39.1 Å². The summed E-state index contributed by atoms with van der Waals surface area (Å²) in [5.74, 6) is -0.497. The van der Waals surface area contributed by atoms with Gasteiger partial charge in [-0.3, -0.25) is 4.79 Å². The largest absolute Gasteiger partial charge is 0.508 e. The van der Waals surface area contributed by atoms with E-state index in [1.807, 2.05) is 0 Å². The molecule has 0 bridgehead atoms. The van der Waals surface area contributed by atoms with Gasteiger partial charge in [0, 0.05) is 15.7 Å². The van der Waals surface area contributed by atoms with E-state index < -0.39 is 24.3 Å². The number of halogens is 4. The summed E-state index contributed by atoms with van der Waals surface area (Å²) in [5.41, 5.74) is 0.930. The molecule has 0 fully saturated rings.